The van der Waals surface area contributed by atoms with E-state index in [9.17, 15) is 19.5 Å². The van der Waals surface area contributed by atoms with Gasteiger partial charge in [-0.3, -0.25) is 9.59 Å². The highest BCUT2D eigenvalue weighted by molar-refractivity contribution is 6.46. The maximum absolute atomic E-state index is 13.3. The number of benzene rings is 2. The Morgan fingerprint density at radius 1 is 1.11 bits per heavy atom. The average molecular weight is 507 g/mol. The molecule has 0 spiro atoms. The Bertz CT molecular complexity index is 1220. The zero-order chi connectivity index (χ0) is 26.7. The second-order valence-electron chi connectivity index (χ2n) is 9.44. The van der Waals surface area contributed by atoms with E-state index < -0.39 is 23.7 Å². The number of aliphatic hydroxyl groups excluding tert-OH is 1. The van der Waals surface area contributed by atoms with Gasteiger partial charge in [0.1, 0.15) is 17.6 Å². The van der Waals surface area contributed by atoms with E-state index in [1.807, 2.05) is 13.0 Å². The Labute approximate surface area is 217 Å². The number of amides is 1. The first-order valence-corrected chi connectivity index (χ1v) is 12.8. The molecule has 1 amide bonds. The summed E-state index contributed by atoms with van der Waals surface area (Å²) in [6.07, 6.45) is 1.42. The average Bonchev–Trinajstić information content (AvgIpc) is 3.41. The van der Waals surface area contributed by atoms with Gasteiger partial charge >= 0.3 is 5.97 Å². The first-order valence-electron chi connectivity index (χ1n) is 12.8. The molecule has 196 valence electrons. The number of carbonyl (C=O) groups is 3. The molecule has 1 saturated heterocycles. The fourth-order valence-corrected chi connectivity index (χ4v) is 5.11. The van der Waals surface area contributed by atoms with Crippen LogP contribution in [-0.2, 0) is 20.7 Å². The highest BCUT2D eigenvalue weighted by Gasteiger charge is 2.46. The fourth-order valence-electron chi connectivity index (χ4n) is 5.11. The van der Waals surface area contributed by atoms with E-state index in [0.29, 0.717) is 36.1 Å². The van der Waals surface area contributed by atoms with Crippen LogP contribution in [0.1, 0.15) is 60.3 Å². The maximum atomic E-state index is 13.3. The van der Waals surface area contributed by atoms with Crippen LogP contribution in [0.15, 0.2) is 48.0 Å². The lowest BCUT2D eigenvalue weighted by molar-refractivity contribution is -0.140. The van der Waals surface area contributed by atoms with Crippen molar-refractivity contribution in [2.75, 3.05) is 33.3 Å². The van der Waals surface area contributed by atoms with E-state index in [2.05, 4.69) is 18.7 Å². The third-order valence-electron chi connectivity index (χ3n) is 7.12. The molecule has 0 aliphatic carbocycles. The molecule has 2 aromatic rings. The Morgan fingerprint density at radius 2 is 1.78 bits per heavy atom. The molecule has 0 bridgehead atoms. The molecule has 8 heteroatoms. The van der Waals surface area contributed by atoms with E-state index in [1.165, 1.54) is 12.0 Å². The molecule has 2 atom stereocenters. The van der Waals surface area contributed by atoms with Crippen molar-refractivity contribution in [1.29, 1.82) is 0 Å². The zero-order valence-corrected chi connectivity index (χ0v) is 21.8. The van der Waals surface area contributed by atoms with Crippen molar-refractivity contribution in [2.45, 2.75) is 45.8 Å². The second kappa shape index (κ2) is 11.2. The van der Waals surface area contributed by atoms with Gasteiger partial charge in [-0.25, -0.2) is 4.79 Å². The van der Waals surface area contributed by atoms with E-state index in [4.69, 9.17) is 9.47 Å². The SMILES string of the molecule is CCN(CC)CCCN1C(=O)C(=O)C(=C(O)c2ccc3c(c2)C[C@@H](C)O3)[C@H]1c1ccc(C(=O)OC)cc1. The molecule has 0 saturated carbocycles. The van der Waals surface area contributed by atoms with Gasteiger partial charge in [0.25, 0.3) is 11.7 Å². The van der Waals surface area contributed by atoms with Crippen LogP contribution >= 0.6 is 0 Å². The van der Waals surface area contributed by atoms with Gasteiger partial charge in [-0.2, -0.15) is 0 Å². The topological polar surface area (TPSA) is 96.4 Å². The van der Waals surface area contributed by atoms with Crippen molar-refractivity contribution in [2.24, 2.45) is 0 Å². The van der Waals surface area contributed by atoms with Crippen LogP contribution in [0.5, 0.6) is 5.75 Å². The van der Waals surface area contributed by atoms with Gasteiger partial charge in [-0.05, 0) is 74.4 Å². The normalized spacial score (nSPS) is 20.3. The van der Waals surface area contributed by atoms with E-state index in [1.54, 1.807) is 36.4 Å². The predicted octanol–water partition coefficient (Wildman–Crippen LogP) is 3.95. The Kier molecular flexibility index (Phi) is 7.97. The van der Waals surface area contributed by atoms with E-state index in [0.717, 1.165) is 30.9 Å². The van der Waals surface area contributed by atoms with Gasteiger partial charge in [0.2, 0.25) is 0 Å². The summed E-state index contributed by atoms with van der Waals surface area (Å²) < 4.78 is 10.6. The Hall–Kier alpha value is -3.65. The number of nitrogens with zero attached hydrogens (tertiary/aromatic N) is 2. The smallest absolute Gasteiger partial charge is 0.337 e. The molecule has 1 fully saturated rings. The Balaban J connectivity index is 1.74. The van der Waals surface area contributed by atoms with Gasteiger partial charge in [-0.15, -0.1) is 0 Å². The molecule has 2 aliphatic rings. The summed E-state index contributed by atoms with van der Waals surface area (Å²) in [7, 11) is 1.31. The molecule has 1 N–H and O–H groups in total. The van der Waals surface area contributed by atoms with Crippen molar-refractivity contribution in [1.82, 2.24) is 9.80 Å². The van der Waals surface area contributed by atoms with Crippen LogP contribution in [0.25, 0.3) is 5.76 Å². The Morgan fingerprint density at radius 3 is 2.43 bits per heavy atom. The van der Waals surface area contributed by atoms with Gasteiger partial charge < -0.3 is 24.4 Å². The quantitative estimate of drug-likeness (QED) is 0.238. The number of fused-ring (bicyclic) bond motifs is 1. The standard InChI is InChI=1S/C29H34N2O6/c1-5-30(6-2)14-7-15-31-25(19-8-10-20(11-9-19)29(35)36-4)24(27(33)28(31)34)26(32)21-12-13-23-22(17-21)16-18(3)37-23/h8-13,17-18,25,32H,5-7,14-16H2,1-4H3/t18-,25-/m1/s1. The van der Waals surface area contributed by atoms with E-state index in [-0.39, 0.29) is 17.4 Å². The summed E-state index contributed by atoms with van der Waals surface area (Å²) >= 11 is 0. The summed E-state index contributed by atoms with van der Waals surface area (Å²) in [6.45, 7) is 9.08. The second-order valence-corrected chi connectivity index (χ2v) is 9.44. The first-order chi connectivity index (χ1) is 17.8. The third-order valence-corrected chi connectivity index (χ3v) is 7.12. The minimum atomic E-state index is -0.771. The summed E-state index contributed by atoms with van der Waals surface area (Å²) in [5.41, 5.74) is 2.45. The molecular weight excluding hydrogens is 472 g/mol. The van der Waals surface area contributed by atoms with Crippen molar-refractivity contribution in [3.63, 3.8) is 0 Å². The summed E-state index contributed by atoms with van der Waals surface area (Å²) in [5.74, 6) is -1.28. The van der Waals surface area contributed by atoms with Crippen molar-refractivity contribution in [3.05, 3.63) is 70.3 Å². The number of likely N-dealkylation sites (tertiary alicyclic amines) is 1. The fraction of sp³-hybridized carbons (Fsp3) is 0.414. The number of esters is 1. The number of ether oxygens (including phenoxy) is 2. The lowest BCUT2D eigenvalue weighted by Crippen LogP contribution is -2.33. The number of methoxy groups -OCH3 is 1. The minimum absolute atomic E-state index is 0.0390. The lowest BCUT2D eigenvalue weighted by atomic mass is 9.94. The summed E-state index contributed by atoms with van der Waals surface area (Å²) in [5, 5.41) is 11.4. The third kappa shape index (κ3) is 5.25. The highest BCUT2D eigenvalue weighted by atomic mass is 16.5. The van der Waals surface area contributed by atoms with Crippen molar-refractivity contribution < 1.29 is 29.0 Å². The van der Waals surface area contributed by atoms with Crippen LogP contribution in [0.4, 0.5) is 0 Å². The van der Waals surface area contributed by atoms with Crippen LogP contribution < -0.4 is 4.74 Å². The predicted molar refractivity (Wildman–Crippen MR) is 139 cm³/mol. The number of ketones is 1. The van der Waals surface area contributed by atoms with Gasteiger partial charge in [0, 0.05) is 18.5 Å². The molecule has 4 rings (SSSR count). The van der Waals surface area contributed by atoms with Crippen molar-refractivity contribution >= 4 is 23.4 Å². The largest absolute Gasteiger partial charge is 0.507 e. The molecule has 0 unspecified atom stereocenters. The van der Waals surface area contributed by atoms with Gasteiger partial charge in [0.05, 0.1) is 24.3 Å². The molecule has 2 aromatic carbocycles. The number of aliphatic hydroxyl groups is 1. The summed E-state index contributed by atoms with van der Waals surface area (Å²) in [6, 6.07) is 11.1. The first kappa shape index (κ1) is 26.4. The van der Waals surface area contributed by atoms with Crippen molar-refractivity contribution in [3.8, 4) is 5.75 Å². The van der Waals surface area contributed by atoms with Gasteiger partial charge in [0.15, 0.2) is 0 Å². The van der Waals surface area contributed by atoms with E-state index >= 15 is 0 Å². The molecular formula is C29H34N2O6. The van der Waals surface area contributed by atoms with Crippen LogP contribution in [0, 0.1) is 0 Å². The zero-order valence-electron chi connectivity index (χ0n) is 21.8. The molecule has 0 radical (unpaired) electrons. The van der Waals surface area contributed by atoms with Crippen LogP contribution in [-0.4, -0.2) is 72.0 Å². The number of hydrogen-bond donors (Lipinski definition) is 1. The van der Waals surface area contributed by atoms with Crippen LogP contribution in [0.3, 0.4) is 0 Å². The van der Waals surface area contributed by atoms with Gasteiger partial charge in [-0.1, -0.05) is 26.0 Å². The summed E-state index contributed by atoms with van der Waals surface area (Å²) in [4.78, 5) is 42.3. The number of hydrogen-bond acceptors (Lipinski definition) is 7. The molecule has 2 heterocycles. The molecule has 37 heavy (non-hydrogen) atoms. The minimum Gasteiger partial charge on any atom is -0.507 e. The highest BCUT2D eigenvalue weighted by Crippen LogP contribution is 2.40. The molecule has 2 aliphatic heterocycles. The maximum Gasteiger partial charge on any atom is 0.337 e. The van der Waals surface area contributed by atoms with Crippen LogP contribution in [0.2, 0.25) is 0 Å². The monoisotopic (exact) mass is 506 g/mol. The number of carbonyl (C=O) groups excluding carboxylic acids is 3. The molecule has 8 nitrogen and oxygen atoms in total. The lowest BCUT2D eigenvalue weighted by Gasteiger charge is -2.27. The molecule has 0 aromatic heterocycles. The number of rotatable bonds is 9. The number of Topliss-reactive ketones (excluding diaryl/α,β-unsaturated/α-hetero) is 1.